The minimum atomic E-state index is -0.729. The van der Waals surface area contributed by atoms with Gasteiger partial charge in [-0.1, -0.05) is 24.6 Å². The van der Waals surface area contributed by atoms with Crippen molar-refractivity contribution in [3.8, 4) is 11.5 Å². The number of piperidine rings is 1. The highest BCUT2D eigenvalue weighted by atomic mass is 35.5. The minimum absolute atomic E-state index is 0.0322. The van der Waals surface area contributed by atoms with E-state index in [4.69, 9.17) is 21.1 Å². The van der Waals surface area contributed by atoms with Crippen molar-refractivity contribution in [1.29, 1.82) is 0 Å². The smallest absolute Gasteiger partial charge is 0.257 e. The monoisotopic (exact) mass is 528 g/mol. The summed E-state index contributed by atoms with van der Waals surface area (Å²) in [4.78, 5) is 17.4. The van der Waals surface area contributed by atoms with E-state index in [1.54, 1.807) is 6.07 Å². The highest BCUT2D eigenvalue weighted by Gasteiger charge is 2.42. The molecule has 7 nitrogen and oxygen atoms in total. The number of phenolic OH excluding ortho intramolecular Hbond substituents is 1. The number of carbonyl (C=O) groups is 1. The van der Waals surface area contributed by atoms with Crippen molar-refractivity contribution in [1.82, 2.24) is 9.80 Å². The number of amides is 1. The Labute approximate surface area is 223 Å². The minimum Gasteiger partial charge on any atom is -0.508 e. The summed E-state index contributed by atoms with van der Waals surface area (Å²) >= 11 is 6.15. The molecule has 0 aromatic heterocycles. The predicted molar refractivity (Wildman–Crippen MR) is 142 cm³/mol. The summed E-state index contributed by atoms with van der Waals surface area (Å²) in [6.07, 6.45) is 4.20. The third-order valence-electron chi connectivity index (χ3n) is 7.78. The van der Waals surface area contributed by atoms with Crippen molar-refractivity contribution in [2.24, 2.45) is 5.92 Å². The number of hydrogen-bond acceptors (Lipinski definition) is 6. The molecule has 2 fully saturated rings. The van der Waals surface area contributed by atoms with E-state index >= 15 is 0 Å². The fraction of sp³-hybridized carbons (Fsp3) is 0.552. The lowest BCUT2D eigenvalue weighted by molar-refractivity contribution is -0.0835. The molecule has 1 saturated carbocycles. The van der Waals surface area contributed by atoms with Gasteiger partial charge in [0, 0.05) is 43.8 Å². The van der Waals surface area contributed by atoms with Crippen molar-refractivity contribution < 1.29 is 24.5 Å². The lowest BCUT2D eigenvalue weighted by Crippen LogP contribution is -2.46. The van der Waals surface area contributed by atoms with Gasteiger partial charge in [0.1, 0.15) is 24.2 Å². The fourth-order valence-electron chi connectivity index (χ4n) is 5.60. The van der Waals surface area contributed by atoms with Gasteiger partial charge < -0.3 is 29.5 Å². The first-order chi connectivity index (χ1) is 17.9. The fourth-order valence-corrected chi connectivity index (χ4v) is 5.80. The van der Waals surface area contributed by atoms with Crippen LogP contribution < -0.4 is 4.74 Å². The average molecular weight is 529 g/mol. The number of ether oxygens (including phenoxy) is 2. The average Bonchev–Trinajstić information content (AvgIpc) is 3.64. The lowest BCUT2D eigenvalue weighted by atomic mass is 9.84. The van der Waals surface area contributed by atoms with E-state index in [0.29, 0.717) is 36.9 Å². The normalized spacial score (nSPS) is 19.5. The molecule has 5 rings (SSSR count). The molecule has 37 heavy (non-hydrogen) atoms. The number of carbonyl (C=O) groups excluding carboxylic acids is 1. The second-order valence-electron chi connectivity index (χ2n) is 10.7. The number of aliphatic hydroxyl groups excluding tert-OH is 1. The van der Waals surface area contributed by atoms with Gasteiger partial charge in [0.2, 0.25) is 0 Å². The number of nitrogens with zero attached hydrogens (tertiary/aromatic N) is 2. The molecule has 2 aliphatic heterocycles. The van der Waals surface area contributed by atoms with Gasteiger partial charge in [0.05, 0.1) is 17.8 Å². The van der Waals surface area contributed by atoms with Gasteiger partial charge in [-0.25, -0.2) is 0 Å². The predicted octanol–water partition coefficient (Wildman–Crippen LogP) is 4.57. The Morgan fingerprint density at radius 2 is 2.03 bits per heavy atom. The van der Waals surface area contributed by atoms with Crippen LogP contribution in [0.25, 0.3) is 0 Å². The molecule has 1 aliphatic carbocycles. The Morgan fingerprint density at radius 3 is 2.76 bits per heavy atom. The van der Waals surface area contributed by atoms with E-state index in [1.807, 2.05) is 17.0 Å². The number of fused-ring (bicyclic) bond motifs is 2. The Hall–Kier alpha value is -2.32. The number of likely N-dealkylation sites (tertiary alicyclic amines) is 1. The molecule has 2 heterocycles. The summed E-state index contributed by atoms with van der Waals surface area (Å²) in [5.74, 6) is 0.846. The zero-order chi connectivity index (χ0) is 26.0. The van der Waals surface area contributed by atoms with Crippen LogP contribution in [0.1, 0.15) is 60.5 Å². The molecule has 2 aromatic carbocycles. The maximum absolute atomic E-state index is 13.3. The van der Waals surface area contributed by atoms with Crippen LogP contribution in [0, 0.1) is 5.92 Å². The van der Waals surface area contributed by atoms with Crippen LogP contribution in [0.15, 0.2) is 36.4 Å². The molecule has 0 bridgehead atoms. The molecule has 2 aromatic rings. The van der Waals surface area contributed by atoms with E-state index < -0.39 is 6.10 Å². The van der Waals surface area contributed by atoms with Gasteiger partial charge in [-0.2, -0.15) is 0 Å². The molecule has 0 unspecified atom stereocenters. The van der Waals surface area contributed by atoms with Crippen molar-refractivity contribution in [3.05, 3.63) is 58.1 Å². The standard InChI is InChI=1S/C29H37ClN2O5/c1-2-11-32(16-20-3-4-20)28(35)25-7-6-23(33)15-27(25)36-19-24(34)17-31-12-9-29(10-13-31)26-8-5-22(30)14-21(26)18-37-29/h5-8,14-15,20,24,33-34H,2-4,9-13,16-19H2,1H3/t24-/m1/s1. The number of β-amino-alcohol motifs (C(OH)–C–C–N with tert-alkyl or cyclic N) is 1. The van der Waals surface area contributed by atoms with E-state index in [0.717, 1.165) is 43.9 Å². The van der Waals surface area contributed by atoms with Gasteiger partial charge in [-0.05, 0) is 73.4 Å². The second-order valence-corrected chi connectivity index (χ2v) is 11.2. The van der Waals surface area contributed by atoms with E-state index in [9.17, 15) is 15.0 Å². The topological polar surface area (TPSA) is 82.5 Å². The van der Waals surface area contributed by atoms with Crippen LogP contribution in [-0.4, -0.2) is 71.4 Å². The van der Waals surface area contributed by atoms with Crippen LogP contribution in [0.3, 0.4) is 0 Å². The zero-order valence-electron chi connectivity index (χ0n) is 21.5. The summed E-state index contributed by atoms with van der Waals surface area (Å²) in [5, 5.41) is 21.5. The largest absolute Gasteiger partial charge is 0.508 e. The van der Waals surface area contributed by atoms with Crippen LogP contribution in [0.5, 0.6) is 11.5 Å². The molecule has 0 radical (unpaired) electrons. The summed E-state index contributed by atoms with van der Waals surface area (Å²) in [7, 11) is 0. The SMILES string of the molecule is CCCN(CC1CC1)C(=O)c1ccc(O)cc1OC[C@H](O)CN1CCC2(CC1)OCc1cc(Cl)ccc12. The molecule has 1 saturated heterocycles. The van der Waals surface area contributed by atoms with Crippen molar-refractivity contribution >= 4 is 17.5 Å². The third-order valence-corrected chi connectivity index (χ3v) is 8.01. The van der Waals surface area contributed by atoms with Crippen LogP contribution >= 0.6 is 11.6 Å². The molecular weight excluding hydrogens is 492 g/mol. The molecular formula is C29H37ClN2O5. The van der Waals surface area contributed by atoms with Crippen molar-refractivity contribution in [3.63, 3.8) is 0 Å². The summed E-state index contributed by atoms with van der Waals surface area (Å²) in [6, 6.07) is 10.6. The van der Waals surface area contributed by atoms with Crippen LogP contribution in [0.4, 0.5) is 0 Å². The van der Waals surface area contributed by atoms with Crippen LogP contribution in [0.2, 0.25) is 5.02 Å². The molecule has 200 valence electrons. The Morgan fingerprint density at radius 1 is 1.24 bits per heavy atom. The third kappa shape index (κ3) is 6.06. The Kier molecular flexibility index (Phi) is 7.96. The first kappa shape index (κ1) is 26.3. The van der Waals surface area contributed by atoms with Gasteiger partial charge in [0.15, 0.2) is 0 Å². The van der Waals surface area contributed by atoms with E-state index in [1.165, 1.54) is 36.1 Å². The first-order valence-corrected chi connectivity index (χ1v) is 13.8. The van der Waals surface area contributed by atoms with Gasteiger partial charge in [-0.15, -0.1) is 0 Å². The highest BCUT2D eigenvalue weighted by molar-refractivity contribution is 6.30. The number of phenols is 1. The zero-order valence-corrected chi connectivity index (χ0v) is 22.3. The van der Waals surface area contributed by atoms with Gasteiger partial charge in [-0.3, -0.25) is 4.79 Å². The molecule has 8 heteroatoms. The first-order valence-electron chi connectivity index (χ1n) is 13.5. The van der Waals surface area contributed by atoms with Gasteiger partial charge in [0.25, 0.3) is 5.91 Å². The number of benzene rings is 2. The highest BCUT2D eigenvalue weighted by Crippen LogP contribution is 2.44. The lowest BCUT2D eigenvalue weighted by Gasteiger charge is -2.39. The Bertz CT molecular complexity index is 1110. The number of aliphatic hydroxyl groups is 1. The number of halogens is 1. The summed E-state index contributed by atoms with van der Waals surface area (Å²) in [5.41, 5.74) is 2.57. The number of hydrogen-bond donors (Lipinski definition) is 2. The molecule has 2 N–H and O–H groups in total. The quantitative estimate of drug-likeness (QED) is 0.470. The Balaban J connectivity index is 1.16. The maximum Gasteiger partial charge on any atom is 0.257 e. The number of rotatable bonds is 10. The molecule has 3 aliphatic rings. The molecule has 1 amide bonds. The number of aromatic hydroxyl groups is 1. The van der Waals surface area contributed by atoms with E-state index in [2.05, 4.69) is 17.9 Å². The van der Waals surface area contributed by atoms with Crippen LogP contribution in [-0.2, 0) is 16.9 Å². The van der Waals surface area contributed by atoms with Crippen molar-refractivity contribution in [2.75, 3.05) is 39.3 Å². The van der Waals surface area contributed by atoms with E-state index in [-0.39, 0.29) is 23.9 Å². The summed E-state index contributed by atoms with van der Waals surface area (Å²) in [6.45, 7) is 6.23. The van der Waals surface area contributed by atoms with Crippen molar-refractivity contribution in [2.45, 2.75) is 57.3 Å². The molecule has 1 atom stereocenters. The summed E-state index contributed by atoms with van der Waals surface area (Å²) < 4.78 is 12.2. The maximum atomic E-state index is 13.3. The molecule has 1 spiro atoms. The second kappa shape index (κ2) is 11.2. The van der Waals surface area contributed by atoms with Gasteiger partial charge >= 0.3 is 0 Å².